The van der Waals surface area contributed by atoms with Gasteiger partial charge in [-0.2, -0.15) is 0 Å². The minimum Gasteiger partial charge on any atom is -0.480 e. The molecular formula is C6H13N3O3. The number of hydrogen-bond acceptors (Lipinski definition) is 4. The fourth-order valence-corrected chi connectivity index (χ4v) is 0.451. The highest BCUT2D eigenvalue weighted by Gasteiger charge is 2.10. The molecule has 0 fully saturated rings. The molecule has 0 radical (unpaired) electrons. The van der Waals surface area contributed by atoms with E-state index in [2.05, 4.69) is 9.99 Å². The van der Waals surface area contributed by atoms with Gasteiger partial charge in [-0.3, -0.25) is 4.79 Å². The van der Waals surface area contributed by atoms with Crippen LogP contribution in [0.1, 0.15) is 13.3 Å². The van der Waals surface area contributed by atoms with E-state index < -0.39 is 12.0 Å². The van der Waals surface area contributed by atoms with E-state index in [0.29, 0.717) is 5.84 Å². The topological polar surface area (TPSA) is 111 Å². The summed E-state index contributed by atoms with van der Waals surface area (Å²) in [5.74, 6) is -0.758. The minimum atomic E-state index is -1.05. The molecule has 0 bridgehead atoms. The summed E-state index contributed by atoms with van der Waals surface area (Å²) < 4.78 is 0. The SMILES string of the molecule is C/C(N)=N/OCC[C@@H](N)C(=O)O. The summed E-state index contributed by atoms with van der Waals surface area (Å²) in [7, 11) is 0. The van der Waals surface area contributed by atoms with Crippen molar-refractivity contribution in [3.63, 3.8) is 0 Å². The molecule has 0 aromatic carbocycles. The van der Waals surface area contributed by atoms with Crippen LogP contribution in [0, 0.1) is 0 Å². The van der Waals surface area contributed by atoms with E-state index in [9.17, 15) is 4.79 Å². The molecule has 0 spiro atoms. The van der Waals surface area contributed by atoms with Crippen LogP contribution in [0.2, 0.25) is 0 Å². The molecule has 1 atom stereocenters. The van der Waals surface area contributed by atoms with Gasteiger partial charge in [0, 0.05) is 6.42 Å². The molecule has 0 aromatic rings. The molecule has 0 aliphatic heterocycles. The van der Waals surface area contributed by atoms with Gasteiger partial charge in [-0.05, 0) is 6.92 Å². The minimum absolute atomic E-state index is 0.155. The van der Waals surface area contributed by atoms with E-state index in [1.54, 1.807) is 6.92 Å². The first-order valence-corrected chi connectivity index (χ1v) is 3.44. The van der Waals surface area contributed by atoms with Crippen LogP contribution in [0.15, 0.2) is 5.16 Å². The Morgan fingerprint density at radius 3 is 2.75 bits per heavy atom. The Hall–Kier alpha value is -1.30. The van der Waals surface area contributed by atoms with E-state index in [-0.39, 0.29) is 13.0 Å². The number of amidine groups is 1. The quantitative estimate of drug-likeness (QED) is 0.217. The van der Waals surface area contributed by atoms with E-state index in [0.717, 1.165) is 0 Å². The monoisotopic (exact) mass is 175 g/mol. The fourth-order valence-electron chi connectivity index (χ4n) is 0.451. The fraction of sp³-hybridized carbons (Fsp3) is 0.667. The molecule has 0 heterocycles. The third-order valence-corrected chi connectivity index (χ3v) is 1.05. The molecule has 0 saturated heterocycles. The van der Waals surface area contributed by atoms with E-state index in [4.69, 9.17) is 16.6 Å². The second kappa shape index (κ2) is 5.36. The molecule has 12 heavy (non-hydrogen) atoms. The van der Waals surface area contributed by atoms with Crippen LogP contribution in [0.3, 0.4) is 0 Å². The maximum absolute atomic E-state index is 10.2. The summed E-state index contributed by atoms with van der Waals surface area (Å²) in [4.78, 5) is 14.8. The molecule has 0 aromatic heterocycles. The summed E-state index contributed by atoms with van der Waals surface area (Å²) in [5, 5.41) is 11.8. The Labute approximate surface area is 70.2 Å². The first-order chi connectivity index (χ1) is 5.54. The molecule has 5 N–H and O–H groups in total. The zero-order valence-corrected chi connectivity index (χ0v) is 6.86. The lowest BCUT2D eigenvalue weighted by molar-refractivity contribution is -0.139. The van der Waals surface area contributed by atoms with Gasteiger partial charge in [0.2, 0.25) is 0 Å². The van der Waals surface area contributed by atoms with Gasteiger partial charge < -0.3 is 21.4 Å². The summed E-state index contributed by atoms with van der Waals surface area (Å²) in [5.41, 5.74) is 10.3. The molecule has 0 aliphatic carbocycles. The Bertz CT molecular complexity index is 177. The maximum atomic E-state index is 10.2. The zero-order valence-electron chi connectivity index (χ0n) is 6.86. The summed E-state index contributed by atoms with van der Waals surface area (Å²) >= 11 is 0. The van der Waals surface area contributed by atoms with Crippen molar-refractivity contribution in [3.05, 3.63) is 0 Å². The second-order valence-electron chi connectivity index (χ2n) is 2.30. The Morgan fingerprint density at radius 2 is 2.33 bits per heavy atom. The predicted octanol–water partition coefficient (Wildman–Crippen LogP) is -0.903. The lowest BCUT2D eigenvalue weighted by Gasteiger charge is -2.03. The Kier molecular flexibility index (Phi) is 4.78. The van der Waals surface area contributed by atoms with Crippen LogP contribution in [0.4, 0.5) is 0 Å². The molecule has 70 valence electrons. The number of carboxylic acids is 1. The first-order valence-electron chi connectivity index (χ1n) is 3.44. The van der Waals surface area contributed by atoms with Gasteiger partial charge >= 0.3 is 5.97 Å². The highest BCUT2D eigenvalue weighted by molar-refractivity contribution is 5.76. The lowest BCUT2D eigenvalue weighted by atomic mass is 10.2. The van der Waals surface area contributed by atoms with E-state index in [1.807, 2.05) is 0 Å². The predicted molar refractivity (Wildman–Crippen MR) is 43.5 cm³/mol. The van der Waals surface area contributed by atoms with Crippen molar-refractivity contribution < 1.29 is 14.7 Å². The molecular weight excluding hydrogens is 162 g/mol. The molecule has 6 heteroatoms. The summed E-state index contributed by atoms with van der Waals surface area (Å²) in [6.45, 7) is 1.72. The zero-order chi connectivity index (χ0) is 9.56. The van der Waals surface area contributed by atoms with Gasteiger partial charge in [0.1, 0.15) is 18.5 Å². The van der Waals surface area contributed by atoms with Crippen molar-refractivity contribution in [3.8, 4) is 0 Å². The molecule has 0 saturated carbocycles. The van der Waals surface area contributed by atoms with Gasteiger partial charge in [-0.15, -0.1) is 0 Å². The van der Waals surface area contributed by atoms with Crippen molar-refractivity contribution in [1.82, 2.24) is 0 Å². The number of rotatable bonds is 5. The summed E-state index contributed by atoms with van der Waals surface area (Å²) in [6.07, 6.45) is 0.214. The van der Waals surface area contributed by atoms with E-state index in [1.165, 1.54) is 0 Å². The average Bonchev–Trinajstić information content (AvgIpc) is 1.97. The van der Waals surface area contributed by atoms with E-state index >= 15 is 0 Å². The lowest BCUT2D eigenvalue weighted by Crippen LogP contribution is -2.31. The number of aliphatic carboxylic acids is 1. The third kappa shape index (κ3) is 5.48. The van der Waals surface area contributed by atoms with Crippen LogP contribution >= 0.6 is 0 Å². The molecule has 0 aliphatic rings. The number of oxime groups is 1. The first kappa shape index (κ1) is 10.7. The van der Waals surface area contributed by atoms with Crippen molar-refractivity contribution in [2.75, 3.05) is 6.61 Å². The van der Waals surface area contributed by atoms with Gasteiger partial charge in [-0.25, -0.2) is 0 Å². The average molecular weight is 175 g/mol. The van der Waals surface area contributed by atoms with Crippen molar-refractivity contribution in [1.29, 1.82) is 0 Å². The van der Waals surface area contributed by atoms with Crippen LogP contribution in [0.5, 0.6) is 0 Å². The smallest absolute Gasteiger partial charge is 0.320 e. The molecule has 6 nitrogen and oxygen atoms in total. The largest absolute Gasteiger partial charge is 0.480 e. The molecule has 0 rings (SSSR count). The van der Waals surface area contributed by atoms with Crippen molar-refractivity contribution >= 4 is 11.8 Å². The standard InChI is InChI=1S/C6H13N3O3/c1-4(7)9-12-3-2-5(8)6(10)11/h5H,2-3,8H2,1H3,(H2,7,9)(H,10,11)/t5-/m1/s1. The highest BCUT2D eigenvalue weighted by Crippen LogP contribution is 1.89. The van der Waals surface area contributed by atoms with Gasteiger partial charge in [0.15, 0.2) is 0 Å². The Morgan fingerprint density at radius 1 is 1.75 bits per heavy atom. The normalized spacial score (nSPS) is 14.0. The molecule has 0 amide bonds. The highest BCUT2D eigenvalue weighted by atomic mass is 16.6. The second-order valence-corrected chi connectivity index (χ2v) is 2.30. The van der Waals surface area contributed by atoms with Crippen molar-refractivity contribution in [2.45, 2.75) is 19.4 Å². The van der Waals surface area contributed by atoms with Crippen LogP contribution in [0.25, 0.3) is 0 Å². The van der Waals surface area contributed by atoms with Gasteiger partial charge in [0.05, 0.1) is 0 Å². The van der Waals surface area contributed by atoms with Crippen LogP contribution < -0.4 is 11.5 Å². The number of nitrogens with zero attached hydrogens (tertiary/aromatic N) is 1. The van der Waals surface area contributed by atoms with Crippen LogP contribution in [-0.4, -0.2) is 29.6 Å². The number of hydrogen-bond donors (Lipinski definition) is 3. The van der Waals surface area contributed by atoms with Crippen LogP contribution in [-0.2, 0) is 9.63 Å². The number of nitrogens with two attached hydrogens (primary N) is 2. The number of carbonyl (C=O) groups is 1. The number of carboxylic acid groups (broad SMARTS) is 1. The summed E-state index contributed by atoms with van der Waals surface area (Å²) in [6, 6.07) is -0.904. The Balaban J connectivity index is 3.44. The third-order valence-electron chi connectivity index (χ3n) is 1.05. The van der Waals surface area contributed by atoms with Gasteiger partial charge in [-0.1, -0.05) is 5.16 Å². The maximum Gasteiger partial charge on any atom is 0.320 e. The van der Waals surface area contributed by atoms with Gasteiger partial charge in [0.25, 0.3) is 0 Å². The molecule has 0 unspecified atom stereocenters. The van der Waals surface area contributed by atoms with Crippen molar-refractivity contribution in [2.24, 2.45) is 16.6 Å².